The summed E-state index contributed by atoms with van der Waals surface area (Å²) in [6.45, 7) is 8.92. The van der Waals surface area contributed by atoms with Crippen LogP contribution in [0.3, 0.4) is 0 Å². The van der Waals surface area contributed by atoms with Crippen LogP contribution in [0.5, 0.6) is 0 Å². The zero-order valence-corrected chi connectivity index (χ0v) is 16.3. The van der Waals surface area contributed by atoms with Crippen LogP contribution in [0, 0.1) is 25.7 Å². The lowest BCUT2D eigenvalue weighted by atomic mass is 10.0. The van der Waals surface area contributed by atoms with E-state index in [0.717, 1.165) is 50.5 Å². The fourth-order valence-corrected chi connectivity index (χ4v) is 4.65. The Morgan fingerprint density at radius 2 is 1.63 bits per heavy atom. The van der Waals surface area contributed by atoms with Crippen LogP contribution in [0.1, 0.15) is 33.7 Å². The fourth-order valence-electron chi connectivity index (χ4n) is 4.65. The molecule has 3 heterocycles. The van der Waals surface area contributed by atoms with Crippen LogP contribution in [-0.4, -0.2) is 58.4 Å². The van der Waals surface area contributed by atoms with Crippen LogP contribution in [0.4, 0.5) is 0 Å². The van der Waals surface area contributed by atoms with Gasteiger partial charge in [0, 0.05) is 26.2 Å². The number of rotatable bonds is 5. The summed E-state index contributed by atoms with van der Waals surface area (Å²) in [5.41, 5.74) is 3.68. The molecule has 2 saturated heterocycles. The number of benzene rings is 1. The summed E-state index contributed by atoms with van der Waals surface area (Å²) in [7, 11) is 0. The highest BCUT2D eigenvalue weighted by Gasteiger charge is 2.41. The molecule has 2 atom stereocenters. The molecule has 2 fully saturated rings. The molecule has 1 aromatic carbocycles. The Labute approximate surface area is 161 Å². The van der Waals surface area contributed by atoms with Gasteiger partial charge in [-0.3, -0.25) is 4.79 Å². The summed E-state index contributed by atoms with van der Waals surface area (Å²) in [6.07, 6.45) is 3.88. The molecule has 5 nitrogen and oxygen atoms in total. The molecule has 0 spiro atoms. The zero-order valence-electron chi connectivity index (χ0n) is 16.3. The summed E-state index contributed by atoms with van der Waals surface area (Å²) >= 11 is 0. The van der Waals surface area contributed by atoms with Gasteiger partial charge in [-0.25, -0.2) is 9.97 Å². The van der Waals surface area contributed by atoms with E-state index >= 15 is 0 Å². The van der Waals surface area contributed by atoms with Crippen molar-refractivity contribution in [2.45, 2.75) is 26.7 Å². The van der Waals surface area contributed by atoms with Gasteiger partial charge < -0.3 is 9.80 Å². The molecular weight excluding hydrogens is 336 g/mol. The molecule has 0 saturated carbocycles. The summed E-state index contributed by atoms with van der Waals surface area (Å²) in [6, 6.07) is 10.7. The Bertz CT molecular complexity index is 773. The molecule has 2 aromatic rings. The molecule has 2 aliphatic rings. The van der Waals surface area contributed by atoms with Crippen LogP contribution < -0.4 is 0 Å². The third-order valence-electron chi connectivity index (χ3n) is 6.07. The Kier molecular flexibility index (Phi) is 5.21. The Hall–Kier alpha value is -2.27. The van der Waals surface area contributed by atoms with Crippen molar-refractivity contribution in [2.75, 3.05) is 32.7 Å². The van der Waals surface area contributed by atoms with E-state index in [1.54, 1.807) is 0 Å². The highest BCUT2D eigenvalue weighted by atomic mass is 16.2. The molecule has 2 aliphatic heterocycles. The highest BCUT2D eigenvalue weighted by molar-refractivity contribution is 5.96. The topological polar surface area (TPSA) is 49.3 Å². The van der Waals surface area contributed by atoms with Crippen LogP contribution in [0.15, 0.2) is 36.7 Å². The van der Waals surface area contributed by atoms with Crippen molar-refractivity contribution in [1.82, 2.24) is 19.8 Å². The predicted molar refractivity (Wildman–Crippen MR) is 106 cm³/mol. The Morgan fingerprint density at radius 1 is 1.00 bits per heavy atom. The zero-order chi connectivity index (χ0) is 18.8. The van der Waals surface area contributed by atoms with Crippen molar-refractivity contribution >= 4 is 5.91 Å². The normalized spacial score (nSPS) is 22.2. The fraction of sp³-hybridized carbons (Fsp3) is 0.500. The van der Waals surface area contributed by atoms with Gasteiger partial charge in [-0.2, -0.15) is 0 Å². The standard InChI is InChI=1S/C22H28N4O/c1-16-21(17(2)24-15-23-16)22(27)26-13-19-11-25(12-20(19)14-26)10-6-9-18-7-4-3-5-8-18/h3-5,7-8,15,19-20H,6,9-14H2,1-2H3. The van der Waals surface area contributed by atoms with E-state index in [0.29, 0.717) is 17.4 Å². The van der Waals surface area contributed by atoms with Gasteiger partial charge in [0.05, 0.1) is 17.0 Å². The first-order valence-electron chi connectivity index (χ1n) is 9.95. The average molecular weight is 364 g/mol. The lowest BCUT2D eigenvalue weighted by molar-refractivity contribution is 0.0771. The van der Waals surface area contributed by atoms with E-state index in [-0.39, 0.29) is 5.91 Å². The van der Waals surface area contributed by atoms with Crippen molar-refractivity contribution in [3.8, 4) is 0 Å². The molecule has 2 unspecified atom stereocenters. The van der Waals surface area contributed by atoms with E-state index in [4.69, 9.17) is 0 Å². The number of hydrogen-bond donors (Lipinski definition) is 0. The van der Waals surface area contributed by atoms with Gasteiger partial charge in [0.1, 0.15) is 6.33 Å². The maximum absolute atomic E-state index is 13.0. The number of carbonyl (C=O) groups is 1. The first-order valence-corrected chi connectivity index (χ1v) is 9.95. The van der Waals surface area contributed by atoms with E-state index in [1.165, 1.54) is 18.3 Å². The van der Waals surface area contributed by atoms with Crippen LogP contribution in [0.25, 0.3) is 0 Å². The van der Waals surface area contributed by atoms with Gasteiger partial charge >= 0.3 is 0 Å². The lowest BCUT2D eigenvalue weighted by Crippen LogP contribution is -2.34. The highest BCUT2D eigenvalue weighted by Crippen LogP contribution is 2.32. The van der Waals surface area contributed by atoms with Crippen molar-refractivity contribution in [3.63, 3.8) is 0 Å². The van der Waals surface area contributed by atoms with E-state index in [1.807, 2.05) is 18.7 Å². The maximum Gasteiger partial charge on any atom is 0.257 e. The predicted octanol–water partition coefficient (Wildman–Crippen LogP) is 2.73. The number of nitrogens with zero attached hydrogens (tertiary/aromatic N) is 4. The second kappa shape index (κ2) is 7.77. The van der Waals surface area contributed by atoms with Crippen LogP contribution in [-0.2, 0) is 6.42 Å². The monoisotopic (exact) mass is 364 g/mol. The number of likely N-dealkylation sites (tertiary alicyclic amines) is 2. The second-order valence-corrected chi connectivity index (χ2v) is 8.00. The van der Waals surface area contributed by atoms with Gasteiger partial charge in [0.15, 0.2) is 0 Å². The van der Waals surface area contributed by atoms with Crippen molar-refractivity contribution in [2.24, 2.45) is 11.8 Å². The minimum Gasteiger partial charge on any atom is -0.338 e. The molecule has 27 heavy (non-hydrogen) atoms. The van der Waals surface area contributed by atoms with Crippen molar-refractivity contribution < 1.29 is 4.79 Å². The van der Waals surface area contributed by atoms with Crippen molar-refractivity contribution in [1.29, 1.82) is 0 Å². The summed E-state index contributed by atoms with van der Waals surface area (Å²) in [5.74, 6) is 1.32. The van der Waals surface area contributed by atoms with Crippen LogP contribution in [0.2, 0.25) is 0 Å². The summed E-state index contributed by atoms with van der Waals surface area (Å²) in [5, 5.41) is 0. The number of aryl methyl sites for hydroxylation is 3. The SMILES string of the molecule is Cc1ncnc(C)c1C(=O)N1CC2CN(CCCc3ccccc3)CC2C1. The van der Waals surface area contributed by atoms with Gasteiger partial charge in [0.25, 0.3) is 5.91 Å². The van der Waals surface area contributed by atoms with Gasteiger partial charge in [-0.05, 0) is 50.6 Å². The Balaban J connectivity index is 1.29. The molecule has 0 N–H and O–H groups in total. The first kappa shape index (κ1) is 18.1. The molecule has 0 aliphatic carbocycles. The molecule has 0 bridgehead atoms. The largest absolute Gasteiger partial charge is 0.338 e. The molecule has 4 rings (SSSR count). The summed E-state index contributed by atoms with van der Waals surface area (Å²) < 4.78 is 0. The number of aromatic nitrogens is 2. The summed E-state index contributed by atoms with van der Waals surface area (Å²) in [4.78, 5) is 26.0. The van der Waals surface area contributed by atoms with Gasteiger partial charge in [-0.15, -0.1) is 0 Å². The maximum atomic E-state index is 13.0. The van der Waals surface area contributed by atoms with E-state index < -0.39 is 0 Å². The van der Waals surface area contributed by atoms with Crippen molar-refractivity contribution in [3.05, 3.63) is 59.2 Å². The van der Waals surface area contributed by atoms with E-state index in [2.05, 4.69) is 45.2 Å². The molecule has 0 radical (unpaired) electrons. The molecule has 1 aromatic heterocycles. The average Bonchev–Trinajstić information content (AvgIpc) is 3.21. The molecule has 5 heteroatoms. The minimum absolute atomic E-state index is 0.107. The molecule has 142 valence electrons. The van der Waals surface area contributed by atoms with Gasteiger partial charge in [-0.1, -0.05) is 30.3 Å². The number of amides is 1. The second-order valence-electron chi connectivity index (χ2n) is 8.00. The van der Waals surface area contributed by atoms with Gasteiger partial charge in [0.2, 0.25) is 0 Å². The van der Waals surface area contributed by atoms with E-state index in [9.17, 15) is 4.79 Å². The number of fused-ring (bicyclic) bond motifs is 1. The number of carbonyl (C=O) groups excluding carboxylic acids is 1. The minimum atomic E-state index is 0.107. The first-order chi connectivity index (χ1) is 13.1. The Morgan fingerprint density at radius 3 is 2.26 bits per heavy atom. The molecule has 1 amide bonds. The number of hydrogen-bond acceptors (Lipinski definition) is 4. The smallest absolute Gasteiger partial charge is 0.257 e. The third kappa shape index (κ3) is 3.88. The quantitative estimate of drug-likeness (QED) is 0.819. The third-order valence-corrected chi connectivity index (χ3v) is 6.07. The molecular formula is C22H28N4O. The van der Waals surface area contributed by atoms with Crippen LogP contribution >= 0.6 is 0 Å². The lowest BCUT2D eigenvalue weighted by Gasteiger charge is -2.22.